The monoisotopic (exact) mass is 408 g/mol. The van der Waals surface area contributed by atoms with E-state index in [2.05, 4.69) is 4.72 Å². The fourth-order valence-corrected chi connectivity index (χ4v) is 4.86. The molecule has 0 saturated carbocycles. The van der Waals surface area contributed by atoms with Crippen LogP contribution in [0.25, 0.3) is 10.8 Å². The third-order valence-electron chi connectivity index (χ3n) is 5.33. The van der Waals surface area contributed by atoms with E-state index >= 15 is 0 Å². The summed E-state index contributed by atoms with van der Waals surface area (Å²) in [4.78, 5) is 15.1. The average molecular weight is 409 g/mol. The van der Waals surface area contributed by atoms with Crippen molar-refractivity contribution in [1.29, 1.82) is 0 Å². The van der Waals surface area contributed by atoms with E-state index in [1.54, 1.807) is 42.5 Å². The molecular weight excluding hydrogens is 384 g/mol. The summed E-state index contributed by atoms with van der Waals surface area (Å²) < 4.78 is 28.7. The molecule has 4 rings (SSSR count). The summed E-state index contributed by atoms with van der Waals surface area (Å²) in [6.07, 6.45) is 4.22. The van der Waals surface area contributed by atoms with Gasteiger partial charge in [-0.2, -0.15) is 0 Å². The van der Waals surface area contributed by atoms with Gasteiger partial charge in [-0.3, -0.25) is 9.52 Å². The number of rotatable bonds is 4. The van der Waals surface area contributed by atoms with Crippen molar-refractivity contribution in [1.82, 2.24) is 4.90 Å². The van der Waals surface area contributed by atoms with Crippen LogP contribution in [0.4, 0.5) is 5.69 Å². The molecule has 1 saturated heterocycles. The van der Waals surface area contributed by atoms with Crippen molar-refractivity contribution in [3.8, 4) is 0 Å². The number of carbonyl (C=O) groups excluding carboxylic acids is 1. The second-order valence-electron chi connectivity index (χ2n) is 7.37. The highest BCUT2D eigenvalue weighted by Gasteiger charge is 2.23. The molecule has 5 nitrogen and oxygen atoms in total. The molecule has 0 aliphatic carbocycles. The standard InChI is InChI=1S/C23H24N2O3S/c26-23(25-15-7-1-2-8-16-25)21-11-5-6-12-22(21)24-29(27,28)20-14-13-18-9-3-4-10-19(18)17-20/h3-6,9-14,17,24H,1-2,7-8,15-16H2. The summed E-state index contributed by atoms with van der Waals surface area (Å²) in [7, 11) is -3.82. The molecule has 0 unspecified atom stereocenters. The zero-order chi connectivity index (χ0) is 20.3. The van der Waals surface area contributed by atoms with Crippen molar-refractivity contribution in [2.45, 2.75) is 30.6 Å². The molecule has 0 radical (unpaired) electrons. The van der Waals surface area contributed by atoms with E-state index in [0.717, 1.165) is 36.5 Å². The first-order chi connectivity index (χ1) is 14.0. The maximum Gasteiger partial charge on any atom is 0.261 e. The van der Waals surface area contributed by atoms with Crippen LogP contribution in [0.5, 0.6) is 0 Å². The molecule has 29 heavy (non-hydrogen) atoms. The minimum Gasteiger partial charge on any atom is -0.339 e. The van der Waals surface area contributed by atoms with E-state index in [1.807, 2.05) is 29.2 Å². The number of amides is 1. The van der Waals surface area contributed by atoms with Gasteiger partial charge in [0, 0.05) is 13.1 Å². The Bertz CT molecular complexity index is 1130. The van der Waals surface area contributed by atoms with Gasteiger partial charge in [0.1, 0.15) is 0 Å². The van der Waals surface area contributed by atoms with E-state index in [1.165, 1.54) is 0 Å². The number of carbonyl (C=O) groups is 1. The van der Waals surface area contributed by atoms with Gasteiger partial charge in [-0.25, -0.2) is 8.42 Å². The topological polar surface area (TPSA) is 66.5 Å². The van der Waals surface area contributed by atoms with Crippen LogP contribution in [-0.4, -0.2) is 32.3 Å². The largest absolute Gasteiger partial charge is 0.339 e. The van der Waals surface area contributed by atoms with Crippen LogP contribution in [0.15, 0.2) is 71.6 Å². The highest BCUT2D eigenvalue weighted by molar-refractivity contribution is 7.92. The lowest BCUT2D eigenvalue weighted by Crippen LogP contribution is -2.32. The third-order valence-corrected chi connectivity index (χ3v) is 6.69. The molecule has 1 amide bonds. The van der Waals surface area contributed by atoms with Gasteiger partial charge in [0.2, 0.25) is 0 Å². The first-order valence-electron chi connectivity index (χ1n) is 9.94. The van der Waals surface area contributed by atoms with Gasteiger partial charge in [0.05, 0.1) is 16.1 Å². The molecular formula is C23H24N2O3S. The zero-order valence-electron chi connectivity index (χ0n) is 16.2. The number of nitrogens with one attached hydrogen (secondary N) is 1. The van der Waals surface area contributed by atoms with Gasteiger partial charge in [-0.05, 0) is 47.9 Å². The van der Waals surface area contributed by atoms with E-state index < -0.39 is 10.0 Å². The molecule has 1 aliphatic rings. The molecule has 1 heterocycles. The maximum absolute atomic E-state index is 13.1. The third kappa shape index (κ3) is 4.27. The van der Waals surface area contributed by atoms with Crippen molar-refractivity contribution in [2.75, 3.05) is 17.8 Å². The molecule has 0 bridgehead atoms. The van der Waals surface area contributed by atoms with Gasteiger partial charge < -0.3 is 4.90 Å². The van der Waals surface area contributed by atoms with Gasteiger partial charge in [-0.15, -0.1) is 0 Å². The number of benzene rings is 3. The van der Waals surface area contributed by atoms with Crippen molar-refractivity contribution in [3.63, 3.8) is 0 Å². The first-order valence-corrected chi connectivity index (χ1v) is 11.4. The Morgan fingerprint density at radius 2 is 1.45 bits per heavy atom. The zero-order valence-corrected chi connectivity index (χ0v) is 17.0. The highest BCUT2D eigenvalue weighted by atomic mass is 32.2. The van der Waals surface area contributed by atoms with Crippen LogP contribution in [0, 0.1) is 0 Å². The van der Waals surface area contributed by atoms with Crippen LogP contribution in [0.3, 0.4) is 0 Å². The molecule has 1 aliphatic heterocycles. The van der Waals surface area contributed by atoms with E-state index in [0.29, 0.717) is 24.3 Å². The molecule has 3 aromatic rings. The molecule has 1 fully saturated rings. The number of sulfonamides is 1. The summed E-state index contributed by atoms with van der Waals surface area (Å²) in [6, 6.07) is 19.5. The van der Waals surface area contributed by atoms with Crippen LogP contribution >= 0.6 is 0 Å². The minimum atomic E-state index is -3.82. The van der Waals surface area contributed by atoms with Crippen LogP contribution in [-0.2, 0) is 10.0 Å². The van der Waals surface area contributed by atoms with Crippen LogP contribution in [0.1, 0.15) is 36.0 Å². The van der Waals surface area contributed by atoms with Crippen molar-refractivity contribution in [3.05, 3.63) is 72.3 Å². The molecule has 0 spiro atoms. The first kappa shape index (κ1) is 19.5. The average Bonchev–Trinajstić information content (AvgIpc) is 3.02. The molecule has 3 aromatic carbocycles. The number of likely N-dealkylation sites (tertiary alicyclic amines) is 1. The summed E-state index contributed by atoms with van der Waals surface area (Å²) >= 11 is 0. The van der Waals surface area contributed by atoms with E-state index in [9.17, 15) is 13.2 Å². The number of para-hydroxylation sites is 1. The predicted molar refractivity (Wildman–Crippen MR) is 116 cm³/mol. The van der Waals surface area contributed by atoms with Crippen molar-refractivity contribution in [2.24, 2.45) is 0 Å². The number of anilines is 1. The summed E-state index contributed by atoms with van der Waals surface area (Å²) in [6.45, 7) is 1.43. The van der Waals surface area contributed by atoms with E-state index in [-0.39, 0.29) is 10.8 Å². The van der Waals surface area contributed by atoms with Gasteiger partial charge in [0.15, 0.2) is 0 Å². The lowest BCUT2D eigenvalue weighted by Gasteiger charge is -2.22. The SMILES string of the molecule is O=C(c1ccccc1NS(=O)(=O)c1ccc2ccccc2c1)N1CCCCCC1. The quantitative estimate of drug-likeness (QED) is 0.683. The fourth-order valence-electron chi connectivity index (χ4n) is 3.74. The maximum atomic E-state index is 13.1. The minimum absolute atomic E-state index is 0.122. The lowest BCUT2D eigenvalue weighted by molar-refractivity contribution is 0.0762. The Hall–Kier alpha value is -2.86. The van der Waals surface area contributed by atoms with E-state index in [4.69, 9.17) is 0 Å². The Morgan fingerprint density at radius 3 is 2.21 bits per heavy atom. The smallest absolute Gasteiger partial charge is 0.261 e. The summed E-state index contributed by atoms with van der Waals surface area (Å²) in [5.74, 6) is -0.122. The number of nitrogens with zero attached hydrogens (tertiary/aromatic N) is 1. The number of fused-ring (bicyclic) bond motifs is 1. The predicted octanol–water partition coefficient (Wildman–Crippen LogP) is 4.66. The Morgan fingerprint density at radius 1 is 0.793 bits per heavy atom. The fraction of sp³-hybridized carbons (Fsp3) is 0.261. The second-order valence-corrected chi connectivity index (χ2v) is 9.05. The van der Waals surface area contributed by atoms with Gasteiger partial charge >= 0.3 is 0 Å². The normalized spacial score (nSPS) is 15.1. The number of hydrogen-bond donors (Lipinski definition) is 1. The van der Waals surface area contributed by atoms with Gasteiger partial charge in [-0.1, -0.05) is 55.3 Å². The molecule has 0 aromatic heterocycles. The van der Waals surface area contributed by atoms with Gasteiger partial charge in [0.25, 0.3) is 15.9 Å². The second kappa shape index (κ2) is 8.25. The van der Waals surface area contributed by atoms with Crippen molar-refractivity contribution < 1.29 is 13.2 Å². The Balaban J connectivity index is 1.64. The molecule has 150 valence electrons. The molecule has 6 heteroatoms. The molecule has 0 atom stereocenters. The highest BCUT2D eigenvalue weighted by Crippen LogP contribution is 2.25. The summed E-state index contributed by atoms with van der Waals surface area (Å²) in [5, 5.41) is 1.83. The molecule has 1 N–H and O–H groups in total. The lowest BCUT2D eigenvalue weighted by atomic mass is 10.1. The van der Waals surface area contributed by atoms with Crippen LogP contribution in [0.2, 0.25) is 0 Å². The van der Waals surface area contributed by atoms with Crippen molar-refractivity contribution >= 4 is 32.4 Å². The summed E-state index contributed by atoms with van der Waals surface area (Å²) in [5.41, 5.74) is 0.702. The Kier molecular flexibility index (Phi) is 5.53. The van der Waals surface area contributed by atoms with Crippen LogP contribution < -0.4 is 4.72 Å². The Labute approximate surface area is 171 Å². The number of hydrogen-bond acceptors (Lipinski definition) is 3.